The molecule has 0 spiro atoms. The van der Waals surface area contributed by atoms with Gasteiger partial charge in [0, 0.05) is 16.1 Å². The summed E-state index contributed by atoms with van der Waals surface area (Å²) in [6.07, 6.45) is -5.14. The highest BCUT2D eigenvalue weighted by molar-refractivity contribution is 6.30. The molecule has 0 bridgehead atoms. The van der Waals surface area contributed by atoms with Crippen molar-refractivity contribution in [3.05, 3.63) is 104 Å². The van der Waals surface area contributed by atoms with E-state index in [1.807, 2.05) is 0 Å². The summed E-state index contributed by atoms with van der Waals surface area (Å²) < 4.78 is 38.0. The van der Waals surface area contributed by atoms with Gasteiger partial charge < -0.3 is 29.4 Å². The molecular weight excluding hydrogens is 607 g/mol. The molecule has 1 aliphatic rings. The highest BCUT2D eigenvalue weighted by Crippen LogP contribution is 2.42. The average molecular weight is 631 g/mol. The Morgan fingerprint density at radius 2 is 1.98 bits per heavy atom. The fraction of sp³-hybridized carbons (Fsp3) is 0.296. The number of aliphatic hydroxyl groups excluding tert-OH is 1. The number of carbonyl (C=O) groups is 3. The summed E-state index contributed by atoms with van der Waals surface area (Å²) in [7, 11) is 0. The van der Waals surface area contributed by atoms with Crippen LogP contribution in [0.3, 0.4) is 0 Å². The lowest BCUT2D eigenvalue weighted by atomic mass is 10.1. The van der Waals surface area contributed by atoms with Crippen molar-refractivity contribution in [3.63, 3.8) is 0 Å². The highest BCUT2D eigenvalue weighted by Gasteiger charge is 2.60. The zero-order valence-electron chi connectivity index (χ0n) is 22.6. The van der Waals surface area contributed by atoms with Gasteiger partial charge in [0.05, 0.1) is 23.8 Å². The molecule has 0 aliphatic carbocycles. The molecule has 2 aromatic carbocycles. The predicted molar refractivity (Wildman–Crippen MR) is 149 cm³/mol. The standard InChI is InChI=1S/C27H24ClFN6O9/c28-18-8-4-7-17(11-18)24(38)42-14-27(33-34-30)22(43-25(39)16-5-2-1-3-6-16)21(29)23(44-27)35-10-9-20(32-26(35)40)31-19(12-36)13-41-15-37/h1-11,15,19,21-23,36H,12-14H2,(H,31,32,40)/t19-,21-,22?,23?,27+/m0/s1. The second-order valence-electron chi connectivity index (χ2n) is 9.22. The smallest absolute Gasteiger partial charge is 0.351 e. The number of aliphatic hydroxyl groups is 1. The molecule has 1 saturated heterocycles. The first-order chi connectivity index (χ1) is 21.2. The number of ether oxygens (including phenoxy) is 4. The van der Waals surface area contributed by atoms with Gasteiger partial charge >= 0.3 is 17.6 Å². The predicted octanol–water partition coefficient (Wildman–Crippen LogP) is 2.80. The molecule has 44 heavy (non-hydrogen) atoms. The van der Waals surface area contributed by atoms with Crippen molar-refractivity contribution in [3.8, 4) is 0 Å². The number of alkyl halides is 1. The summed E-state index contributed by atoms with van der Waals surface area (Å²) in [5, 5.41) is 15.9. The molecule has 2 unspecified atom stereocenters. The van der Waals surface area contributed by atoms with Crippen molar-refractivity contribution in [2.24, 2.45) is 5.11 Å². The van der Waals surface area contributed by atoms with E-state index in [0.29, 0.717) is 4.57 Å². The molecule has 0 saturated carbocycles. The molecule has 2 N–H and O–H groups in total. The minimum absolute atomic E-state index is 0.0148. The number of aromatic nitrogens is 2. The zero-order valence-corrected chi connectivity index (χ0v) is 23.3. The number of nitrogens with zero attached hydrogens (tertiary/aromatic N) is 5. The number of halogens is 2. The fourth-order valence-corrected chi connectivity index (χ4v) is 4.41. The third-order valence-electron chi connectivity index (χ3n) is 6.30. The molecule has 3 aromatic rings. The van der Waals surface area contributed by atoms with Gasteiger partial charge in [-0.3, -0.25) is 9.36 Å². The lowest BCUT2D eigenvalue weighted by Gasteiger charge is -2.28. The quantitative estimate of drug-likeness (QED) is 0.0701. The van der Waals surface area contributed by atoms with Crippen molar-refractivity contribution in [2.45, 2.75) is 30.3 Å². The number of hydrogen-bond acceptors (Lipinski definition) is 12. The van der Waals surface area contributed by atoms with Crippen LogP contribution >= 0.6 is 11.6 Å². The first-order valence-electron chi connectivity index (χ1n) is 12.8. The Morgan fingerprint density at radius 1 is 1.23 bits per heavy atom. The molecule has 5 atom stereocenters. The van der Waals surface area contributed by atoms with E-state index < -0.39 is 61.1 Å². The van der Waals surface area contributed by atoms with Gasteiger partial charge in [-0.25, -0.2) is 18.8 Å². The van der Waals surface area contributed by atoms with Gasteiger partial charge in [0.2, 0.25) is 5.72 Å². The first-order valence-corrected chi connectivity index (χ1v) is 13.2. The Hall–Kier alpha value is -5.02. The van der Waals surface area contributed by atoms with Crippen LogP contribution in [-0.2, 0) is 23.7 Å². The largest absolute Gasteiger partial charge is 0.466 e. The van der Waals surface area contributed by atoms with Crippen LogP contribution in [0.2, 0.25) is 5.02 Å². The zero-order chi connectivity index (χ0) is 31.7. The van der Waals surface area contributed by atoms with E-state index in [0.717, 1.165) is 6.20 Å². The fourth-order valence-electron chi connectivity index (χ4n) is 4.22. The van der Waals surface area contributed by atoms with Gasteiger partial charge in [0.1, 0.15) is 19.0 Å². The Labute approximate surface area is 252 Å². The Kier molecular flexibility index (Phi) is 10.5. The number of benzene rings is 2. The highest BCUT2D eigenvalue weighted by atomic mass is 35.5. The number of carbonyl (C=O) groups excluding carboxylic acids is 3. The number of esters is 2. The van der Waals surface area contributed by atoms with Crippen molar-refractivity contribution >= 4 is 35.8 Å². The third-order valence-corrected chi connectivity index (χ3v) is 6.54. The molecule has 15 nitrogen and oxygen atoms in total. The van der Waals surface area contributed by atoms with Gasteiger partial charge in [-0.1, -0.05) is 41.0 Å². The Morgan fingerprint density at radius 3 is 2.64 bits per heavy atom. The van der Waals surface area contributed by atoms with Crippen molar-refractivity contribution in [1.29, 1.82) is 0 Å². The normalized spacial score (nSPS) is 21.4. The number of azide groups is 1. The van der Waals surface area contributed by atoms with Gasteiger partial charge in [0.25, 0.3) is 6.47 Å². The Balaban J connectivity index is 1.66. The minimum atomic E-state index is -2.47. The van der Waals surface area contributed by atoms with Gasteiger partial charge in [-0.15, -0.1) is 0 Å². The third kappa shape index (κ3) is 7.30. The molecule has 0 radical (unpaired) electrons. The first kappa shape index (κ1) is 31.9. The molecule has 17 heteroatoms. The summed E-state index contributed by atoms with van der Waals surface area (Å²) in [6, 6.07) is 13.6. The molecule has 1 fully saturated rings. The summed E-state index contributed by atoms with van der Waals surface area (Å²) >= 11 is 5.94. The lowest BCUT2D eigenvalue weighted by molar-refractivity contribution is -0.129. The van der Waals surface area contributed by atoms with Gasteiger partial charge in [-0.2, -0.15) is 4.98 Å². The van der Waals surface area contributed by atoms with Gasteiger partial charge in [0.15, 0.2) is 18.5 Å². The second kappa shape index (κ2) is 14.4. The molecule has 230 valence electrons. The summed E-state index contributed by atoms with van der Waals surface area (Å²) in [4.78, 5) is 55.6. The summed E-state index contributed by atoms with van der Waals surface area (Å²) in [6.45, 7) is -1.46. The summed E-state index contributed by atoms with van der Waals surface area (Å²) in [5.41, 5.74) is 5.91. The van der Waals surface area contributed by atoms with Gasteiger partial charge in [-0.05, 0) is 41.9 Å². The van der Waals surface area contributed by atoms with Crippen LogP contribution in [0.5, 0.6) is 0 Å². The second-order valence-corrected chi connectivity index (χ2v) is 9.66. The van der Waals surface area contributed by atoms with Crippen LogP contribution in [-0.4, -0.2) is 76.9 Å². The number of anilines is 1. The van der Waals surface area contributed by atoms with E-state index in [9.17, 15) is 29.8 Å². The van der Waals surface area contributed by atoms with Crippen LogP contribution in [0, 0.1) is 0 Å². The maximum Gasteiger partial charge on any atom is 0.351 e. The Bertz CT molecular complexity index is 1610. The van der Waals surface area contributed by atoms with E-state index in [2.05, 4.69) is 25.1 Å². The summed E-state index contributed by atoms with van der Waals surface area (Å²) in [5.74, 6) is -2.02. The number of hydrogen-bond donors (Lipinski definition) is 2. The molecule has 2 heterocycles. The van der Waals surface area contributed by atoms with E-state index in [4.69, 9.17) is 25.8 Å². The van der Waals surface area contributed by atoms with Crippen LogP contribution in [0.15, 0.2) is 76.8 Å². The van der Waals surface area contributed by atoms with Crippen molar-refractivity contribution < 1.29 is 42.8 Å². The van der Waals surface area contributed by atoms with Crippen molar-refractivity contribution in [1.82, 2.24) is 9.55 Å². The molecule has 4 rings (SSSR count). The molecular formula is C27H24ClFN6O9. The van der Waals surface area contributed by atoms with Crippen molar-refractivity contribution in [2.75, 3.05) is 25.1 Å². The molecule has 1 aliphatic heterocycles. The van der Waals surface area contributed by atoms with E-state index >= 15 is 4.39 Å². The average Bonchev–Trinajstić information content (AvgIpc) is 3.29. The van der Waals surface area contributed by atoms with Crippen LogP contribution < -0.4 is 11.0 Å². The van der Waals surface area contributed by atoms with Crippen LogP contribution in [0.1, 0.15) is 26.9 Å². The van der Waals surface area contributed by atoms with E-state index in [-0.39, 0.29) is 35.0 Å². The van der Waals surface area contributed by atoms with E-state index in [1.165, 1.54) is 54.6 Å². The maximum atomic E-state index is 16.2. The number of rotatable bonds is 13. The van der Waals surface area contributed by atoms with Crippen LogP contribution in [0.4, 0.5) is 10.2 Å². The van der Waals surface area contributed by atoms with E-state index in [1.54, 1.807) is 6.07 Å². The maximum absolute atomic E-state index is 16.2. The molecule has 1 aromatic heterocycles. The number of nitrogens with one attached hydrogen (secondary N) is 1. The lowest BCUT2D eigenvalue weighted by Crippen LogP contribution is -2.47. The van der Waals surface area contributed by atoms with Crippen LogP contribution in [0.25, 0.3) is 10.4 Å². The SMILES string of the molecule is [N-]=[N+]=N[C@]1(COC(=O)c2cccc(Cl)c2)OC(n2ccc(N[C@@H](CO)COC=O)nc2=O)[C@@H](F)C1OC(=O)c1ccccc1. The monoisotopic (exact) mass is 630 g/mol. The topological polar surface area (TPSA) is 204 Å². The minimum Gasteiger partial charge on any atom is -0.466 e. The molecule has 0 amide bonds.